The first-order valence-electron chi connectivity index (χ1n) is 6.38. The van der Waals surface area contributed by atoms with Crippen molar-refractivity contribution in [2.45, 2.75) is 19.9 Å². The zero-order valence-electron chi connectivity index (χ0n) is 11.9. The van der Waals surface area contributed by atoms with Crippen molar-refractivity contribution in [1.82, 2.24) is 10.6 Å². The lowest BCUT2D eigenvalue weighted by Crippen LogP contribution is -2.43. The van der Waals surface area contributed by atoms with Gasteiger partial charge in [0.25, 0.3) is 0 Å². The molecule has 1 rings (SSSR count). The van der Waals surface area contributed by atoms with E-state index in [9.17, 15) is 9.59 Å². The third kappa shape index (κ3) is 5.60. The van der Waals surface area contributed by atoms with E-state index in [1.807, 2.05) is 0 Å². The number of carbonyl (C=O) groups excluding carboxylic acids is 2. The molecule has 0 unspecified atom stereocenters. The van der Waals surface area contributed by atoms with Crippen LogP contribution < -0.4 is 20.1 Å². The molecule has 6 nitrogen and oxygen atoms in total. The molecule has 0 saturated heterocycles. The Kier molecular flexibility index (Phi) is 6.36. The van der Waals surface area contributed by atoms with Crippen molar-refractivity contribution >= 4 is 11.8 Å². The summed E-state index contributed by atoms with van der Waals surface area (Å²) in [7, 11) is 1.59. The van der Waals surface area contributed by atoms with Crippen molar-refractivity contribution in [3.8, 4) is 11.5 Å². The second-order valence-electron chi connectivity index (χ2n) is 4.41. The molecule has 20 heavy (non-hydrogen) atoms. The van der Waals surface area contributed by atoms with E-state index < -0.39 is 11.8 Å². The van der Waals surface area contributed by atoms with Crippen LogP contribution in [0.3, 0.4) is 0 Å². The average Bonchev–Trinajstić information content (AvgIpc) is 2.43. The van der Waals surface area contributed by atoms with E-state index in [0.717, 1.165) is 5.75 Å². The van der Waals surface area contributed by atoms with E-state index in [4.69, 9.17) is 9.47 Å². The second-order valence-corrected chi connectivity index (χ2v) is 4.41. The molecule has 110 valence electrons. The van der Waals surface area contributed by atoms with Crippen LogP contribution in [0.15, 0.2) is 24.3 Å². The molecule has 2 N–H and O–H groups in total. The fourth-order valence-electron chi connectivity index (χ4n) is 1.41. The molecule has 0 aromatic heterocycles. The maximum absolute atomic E-state index is 11.4. The van der Waals surface area contributed by atoms with Crippen molar-refractivity contribution in [2.75, 3.05) is 20.3 Å². The molecular formula is C14H20N2O4. The summed E-state index contributed by atoms with van der Waals surface area (Å²) < 4.78 is 10.4. The summed E-state index contributed by atoms with van der Waals surface area (Å²) in [6, 6.07) is 7.04. The maximum atomic E-state index is 11.4. The van der Waals surface area contributed by atoms with Crippen molar-refractivity contribution in [3.05, 3.63) is 24.3 Å². The Balaban J connectivity index is 2.24. The van der Waals surface area contributed by atoms with Gasteiger partial charge in [-0.2, -0.15) is 0 Å². The molecule has 0 aliphatic heterocycles. The van der Waals surface area contributed by atoms with Crippen LogP contribution in [0, 0.1) is 0 Å². The molecule has 0 bridgehead atoms. The van der Waals surface area contributed by atoms with E-state index >= 15 is 0 Å². The highest BCUT2D eigenvalue weighted by atomic mass is 16.5. The monoisotopic (exact) mass is 280 g/mol. The summed E-state index contributed by atoms with van der Waals surface area (Å²) in [6.45, 7) is 4.12. The van der Waals surface area contributed by atoms with Gasteiger partial charge in [0.15, 0.2) is 0 Å². The Bertz CT molecular complexity index is 443. The highest BCUT2D eigenvalue weighted by Gasteiger charge is 2.13. The number of rotatable bonds is 6. The van der Waals surface area contributed by atoms with E-state index in [1.54, 1.807) is 45.2 Å². The molecule has 0 saturated carbocycles. The van der Waals surface area contributed by atoms with Crippen LogP contribution in [0.5, 0.6) is 11.5 Å². The summed E-state index contributed by atoms with van der Waals surface area (Å²) in [6.07, 6.45) is 0. The van der Waals surface area contributed by atoms with Gasteiger partial charge < -0.3 is 20.1 Å². The third-order valence-corrected chi connectivity index (χ3v) is 2.34. The van der Waals surface area contributed by atoms with Crippen molar-refractivity contribution in [3.63, 3.8) is 0 Å². The largest absolute Gasteiger partial charge is 0.497 e. The quantitative estimate of drug-likeness (QED) is 0.594. The van der Waals surface area contributed by atoms with E-state index in [0.29, 0.717) is 5.75 Å². The Morgan fingerprint density at radius 3 is 2.25 bits per heavy atom. The van der Waals surface area contributed by atoms with E-state index in [-0.39, 0.29) is 19.2 Å². The first-order valence-corrected chi connectivity index (χ1v) is 6.38. The fraction of sp³-hybridized carbons (Fsp3) is 0.429. The van der Waals surface area contributed by atoms with Gasteiger partial charge >= 0.3 is 11.8 Å². The Morgan fingerprint density at radius 2 is 1.70 bits per heavy atom. The summed E-state index contributed by atoms with van der Waals surface area (Å²) in [5.74, 6) is 0.129. The normalized spacial score (nSPS) is 10.0. The zero-order valence-corrected chi connectivity index (χ0v) is 11.9. The van der Waals surface area contributed by atoms with Crippen LogP contribution in [-0.4, -0.2) is 38.1 Å². The van der Waals surface area contributed by atoms with Crippen LogP contribution in [0.4, 0.5) is 0 Å². The molecule has 2 amide bonds. The van der Waals surface area contributed by atoms with Crippen molar-refractivity contribution < 1.29 is 19.1 Å². The minimum Gasteiger partial charge on any atom is -0.497 e. The van der Waals surface area contributed by atoms with Gasteiger partial charge in [-0.15, -0.1) is 0 Å². The minimum absolute atomic E-state index is 0.0659. The van der Waals surface area contributed by atoms with Crippen molar-refractivity contribution in [2.24, 2.45) is 0 Å². The molecule has 1 aromatic rings. The van der Waals surface area contributed by atoms with Gasteiger partial charge in [0.2, 0.25) is 0 Å². The Morgan fingerprint density at radius 1 is 1.10 bits per heavy atom. The molecule has 1 aromatic carbocycles. The van der Waals surface area contributed by atoms with Gasteiger partial charge in [0.05, 0.1) is 13.7 Å². The summed E-state index contributed by atoms with van der Waals surface area (Å²) >= 11 is 0. The summed E-state index contributed by atoms with van der Waals surface area (Å²) in [5.41, 5.74) is 0. The SMILES string of the molecule is COc1ccc(OCCNC(=O)C(=O)NC(C)C)cc1. The average molecular weight is 280 g/mol. The van der Waals surface area contributed by atoms with Gasteiger partial charge in [-0.3, -0.25) is 9.59 Å². The van der Waals surface area contributed by atoms with Crippen LogP contribution in [0.2, 0.25) is 0 Å². The molecule has 0 radical (unpaired) electrons. The van der Waals surface area contributed by atoms with Crippen LogP contribution in [-0.2, 0) is 9.59 Å². The summed E-state index contributed by atoms with van der Waals surface area (Å²) in [5, 5.41) is 4.99. The standard InChI is InChI=1S/C14H20N2O4/c1-10(2)16-14(18)13(17)15-8-9-20-12-6-4-11(19-3)5-7-12/h4-7,10H,8-9H2,1-3H3,(H,15,17)(H,16,18). The molecular weight excluding hydrogens is 260 g/mol. The highest BCUT2D eigenvalue weighted by Crippen LogP contribution is 2.16. The summed E-state index contributed by atoms with van der Waals surface area (Å²) in [4.78, 5) is 22.7. The fourth-order valence-corrected chi connectivity index (χ4v) is 1.41. The molecule has 0 aliphatic rings. The first-order chi connectivity index (χ1) is 9.52. The number of amides is 2. The molecule has 0 spiro atoms. The molecule has 6 heteroatoms. The predicted octanol–water partition coefficient (Wildman–Crippen LogP) is 0.715. The highest BCUT2D eigenvalue weighted by molar-refractivity contribution is 6.35. The molecule has 0 aliphatic carbocycles. The molecule has 0 heterocycles. The lowest BCUT2D eigenvalue weighted by molar-refractivity contribution is -0.139. The van der Waals surface area contributed by atoms with Gasteiger partial charge in [-0.05, 0) is 38.1 Å². The number of nitrogens with one attached hydrogen (secondary N) is 2. The van der Waals surface area contributed by atoms with Crippen LogP contribution in [0.1, 0.15) is 13.8 Å². The Labute approximate surface area is 118 Å². The van der Waals surface area contributed by atoms with Gasteiger partial charge in [-0.1, -0.05) is 0 Å². The lowest BCUT2D eigenvalue weighted by Gasteiger charge is -2.10. The minimum atomic E-state index is -0.656. The number of hydrogen-bond acceptors (Lipinski definition) is 4. The predicted molar refractivity (Wildman–Crippen MR) is 74.8 cm³/mol. The number of hydrogen-bond donors (Lipinski definition) is 2. The maximum Gasteiger partial charge on any atom is 0.309 e. The van der Waals surface area contributed by atoms with Crippen molar-refractivity contribution in [1.29, 1.82) is 0 Å². The number of methoxy groups -OCH3 is 1. The molecule has 0 atom stereocenters. The van der Waals surface area contributed by atoms with Crippen LogP contribution >= 0.6 is 0 Å². The van der Waals surface area contributed by atoms with E-state index in [1.165, 1.54) is 0 Å². The number of ether oxygens (including phenoxy) is 2. The van der Waals surface area contributed by atoms with E-state index in [2.05, 4.69) is 10.6 Å². The van der Waals surface area contributed by atoms with Gasteiger partial charge in [0.1, 0.15) is 18.1 Å². The molecule has 0 fully saturated rings. The second kappa shape index (κ2) is 8.04. The topological polar surface area (TPSA) is 76.7 Å². The first kappa shape index (κ1) is 15.8. The number of carbonyl (C=O) groups is 2. The van der Waals surface area contributed by atoms with Gasteiger partial charge in [-0.25, -0.2) is 0 Å². The zero-order chi connectivity index (χ0) is 15.0. The van der Waals surface area contributed by atoms with Crippen LogP contribution in [0.25, 0.3) is 0 Å². The van der Waals surface area contributed by atoms with Gasteiger partial charge in [0, 0.05) is 6.04 Å². The smallest absolute Gasteiger partial charge is 0.309 e. The Hall–Kier alpha value is -2.24. The number of benzene rings is 1. The lowest BCUT2D eigenvalue weighted by atomic mass is 10.3. The third-order valence-electron chi connectivity index (χ3n) is 2.34.